The van der Waals surface area contributed by atoms with Crippen molar-refractivity contribution in [1.82, 2.24) is 0 Å². The molecule has 1 aliphatic carbocycles. The predicted octanol–water partition coefficient (Wildman–Crippen LogP) is 3.08. The fourth-order valence-electron chi connectivity index (χ4n) is 2.46. The van der Waals surface area contributed by atoms with Gasteiger partial charge in [-0.15, -0.1) is 0 Å². The Labute approximate surface area is 102 Å². The third-order valence-corrected chi connectivity index (χ3v) is 3.67. The number of nitrogens with one attached hydrogen (secondary N) is 1. The lowest BCUT2D eigenvalue weighted by Crippen LogP contribution is -2.24. The van der Waals surface area contributed by atoms with Crippen LogP contribution in [0.3, 0.4) is 0 Å². The van der Waals surface area contributed by atoms with E-state index in [4.69, 9.17) is 0 Å². The summed E-state index contributed by atoms with van der Waals surface area (Å²) in [5, 5.41) is 12.5. The van der Waals surface area contributed by atoms with Gasteiger partial charge in [0.15, 0.2) is 0 Å². The van der Waals surface area contributed by atoms with Crippen molar-refractivity contribution in [1.29, 1.82) is 0 Å². The van der Waals surface area contributed by atoms with Gasteiger partial charge in [0.25, 0.3) is 0 Å². The zero-order valence-electron chi connectivity index (χ0n) is 10.4. The van der Waals surface area contributed by atoms with E-state index in [-0.39, 0.29) is 17.6 Å². The summed E-state index contributed by atoms with van der Waals surface area (Å²) in [4.78, 5) is 12.0. The van der Waals surface area contributed by atoms with E-state index < -0.39 is 0 Å². The molecular formula is C14H19NO2. The van der Waals surface area contributed by atoms with E-state index in [9.17, 15) is 9.90 Å². The van der Waals surface area contributed by atoms with E-state index in [0.717, 1.165) is 24.8 Å². The van der Waals surface area contributed by atoms with Gasteiger partial charge in [0.1, 0.15) is 5.75 Å². The molecule has 0 aromatic heterocycles. The number of rotatable bonds is 2. The summed E-state index contributed by atoms with van der Waals surface area (Å²) in [7, 11) is 0. The Hall–Kier alpha value is -1.51. The quantitative estimate of drug-likeness (QED) is 0.824. The maximum absolute atomic E-state index is 12.0. The zero-order chi connectivity index (χ0) is 12.4. The number of hydrogen-bond acceptors (Lipinski definition) is 2. The van der Waals surface area contributed by atoms with Gasteiger partial charge in [-0.05, 0) is 37.3 Å². The number of carbonyl (C=O) groups excluding carboxylic acids is 1. The van der Waals surface area contributed by atoms with Crippen LogP contribution in [-0.4, -0.2) is 11.0 Å². The van der Waals surface area contributed by atoms with Crippen LogP contribution in [0, 0.1) is 18.8 Å². The Balaban J connectivity index is 2.05. The molecule has 2 atom stereocenters. The summed E-state index contributed by atoms with van der Waals surface area (Å²) in [6.45, 7) is 3.96. The summed E-state index contributed by atoms with van der Waals surface area (Å²) in [5.41, 5.74) is 1.49. The average Bonchev–Trinajstić information content (AvgIpc) is 2.70. The second-order valence-electron chi connectivity index (χ2n) is 5.01. The third kappa shape index (κ3) is 2.60. The fraction of sp³-hybridized carbons (Fsp3) is 0.500. The lowest BCUT2D eigenvalue weighted by molar-refractivity contribution is -0.120. The highest BCUT2D eigenvalue weighted by Crippen LogP contribution is 2.32. The van der Waals surface area contributed by atoms with Crippen LogP contribution in [0.25, 0.3) is 0 Å². The number of phenols is 1. The Bertz CT molecular complexity index is 428. The van der Waals surface area contributed by atoms with Crippen LogP contribution in [0.2, 0.25) is 0 Å². The summed E-state index contributed by atoms with van der Waals surface area (Å²) < 4.78 is 0. The molecule has 0 saturated heterocycles. The molecule has 0 bridgehead atoms. The van der Waals surface area contributed by atoms with Gasteiger partial charge in [-0.1, -0.05) is 19.4 Å². The number of hydrogen-bond donors (Lipinski definition) is 2. The molecule has 2 unspecified atom stereocenters. The normalized spacial score (nSPS) is 23.6. The first-order valence-electron chi connectivity index (χ1n) is 6.18. The Morgan fingerprint density at radius 1 is 1.41 bits per heavy atom. The molecule has 1 aliphatic rings. The Morgan fingerprint density at radius 3 is 2.76 bits per heavy atom. The van der Waals surface area contributed by atoms with E-state index in [0.29, 0.717) is 11.6 Å². The second kappa shape index (κ2) is 4.78. The lowest BCUT2D eigenvalue weighted by Gasteiger charge is -2.15. The topological polar surface area (TPSA) is 49.3 Å². The molecule has 17 heavy (non-hydrogen) atoms. The molecule has 1 amide bonds. The largest absolute Gasteiger partial charge is 0.508 e. The summed E-state index contributed by atoms with van der Waals surface area (Å²) in [6.07, 6.45) is 3.25. The molecule has 1 aromatic rings. The Kier molecular flexibility index (Phi) is 3.36. The van der Waals surface area contributed by atoms with Gasteiger partial charge < -0.3 is 10.4 Å². The first kappa shape index (κ1) is 12.0. The van der Waals surface area contributed by atoms with E-state index >= 15 is 0 Å². The first-order chi connectivity index (χ1) is 8.08. The van der Waals surface area contributed by atoms with E-state index in [2.05, 4.69) is 12.2 Å². The average molecular weight is 233 g/mol. The van der Waals surface area contributed by atoms with Crippen molar-refractivity contribution in [3.63, 3.8) is 0 Å². The van der Waals surface area contributed by atoms with Crippen molar-refractivity contribution < 1.29 is 9.90 Å². The summed E-state index contributed by atoms with van der Waals surface area (Å²) in [5.74, 6) is 0.896. The number of aryl methyl sites for hydroxylation is 1. The number of carbonyl (C=O) groups is 1. The molecule has 1 fully saturated rings. The van der Waals surface area contributed by atoms with Crippen molar-refractivity contribution in [2.24, 2.45) is 11.8 Å². The van der Waals surface area contributed by atoms with Crippen LogP contribution >= 0.6 is 0 Å². The first-order valence-corrected chi connectivity index (χ1v) is 6.18. The molecule has 0 heterocycles. The monoisotopic (exact) mass is 233 g/mol. The number of anilines is 1. The molecule has 1 saturated carbocycles. The minimum Gasteiger partial charge on any atom is -0.508 e. The SMILES string of the molecule is Cc1ccc(NC(=O)C2CCCC2C)cc1O. The smallest absolute Gasteiger partial charge is 0.227 e. The molecule has 1 aromatic carbocycles. The van der Waals surface area contributed by atoms with Crippen LogP contribution in [0.4, 0.5) is 5.69 Å². The molecule has 3 nitrogen and oxygen atoms in total. The maximum atomic E-state index is 12.0. The third-order valence-electron chi connectivity index (χ3n) is 3.67. The van der Waals surface area contributed by atoms with Crippen LogP contribution in [0.1, 0.15) is 31.7 Å². The second-order valence-corrected chi connectivity index (χ2v) is 5.01. The summed E-state index contributed by atoms with van der Waals surface area (Å²) >= 11 is 0. The molecule has 2 rings (SSSR count). The van der Waals surface area contributed by atoms with Crippen LogP contribution in [0.15, 0.2) is 18.2 Å². The molecule has 0 radical (unpaired) electrons. The number of amides is 1. The van der Waals surface area contributed by atoms with Gasteiger partial charge in [0.2, 0.25) is 5.91 Å². The number of benzene rings is 1. The van der Waals surface area contributed by atoms with Crippen LogP contribution in [-0.2, 0) is 4.79 Å². The molecule has 2 N–H and O–H groups in total. The van der Waals surface area contributed by atoms with E-state index in [1.807, 2.05) is 19.1 Å². The highest BCUT2D eigenvalue weighted by Gasteiger charge is 2.29. The standard InChI is InChI=1S/C14H19NO2/c1-9-4-3-5-12(9)14(17)15-11-7-6-10(2)13(16)8-11/h6-9,12,16H,3-5H2,1-2H3,(H,15,17). The maximum Gasteiger partial charge on any atom is 0.227 e. The molecule has 92 valence electrons. The highest BCUT2D eigenvalue weighted by atomic mass is 16.3. The van der Waals surface area contributed by atoms with Gasteiger partial charge >= 0.3 is 0 Å². The number of aromatic hydroxyl groups is 1. The zero-order valence-corrected chi connectivity index (χ0v) is 10.4. The highest BCUT2D eigenvalue weighted by molar-refractivity contribution is 5.93. The predicted molar refractivity (Wildman–Crippen MR) is 68.0 cm³/mol. The van der Waals surface area contributed by atoms with E-state index in [1.165, 1.54) is 0 Å². The van der Waals surface area contributed by atoms with Gasteiger partial charge in [-0.3, -0.25) is 4.79 Å². The molecular weight excluding hydrogens is 214 g/mol. The minimum atomic E-state index is 0.0817. The van der Waals surface area contributed by atoms with Crippen LogP contribution in [0.5, 0.6) is 5.75 Å². The molecule has 0 aliphatic heterocycles. The number of phenolic OH excluding ortho intramolecular Hbond substituents is 1. The van der Waals surface area contributed by atoms with Gasteiger partial charge in [-0.2, -0.15) is 0 Å². The molecule has 0 spiro atoms. The van der Waals surface area contributed by atoms with Crippen molar-refractivity contribution >= 4 is 11.6 Å². The van der Waals surface area contributed by atoms with E-state index in [1.54, 1.807) is 6.07 Å². The minimum absolute atomic E-state index is 0.0817. The van der Waals surface area contributed by atoms with Gasteiger partial charge in [-0.25, -0.2) is 0 Å². The van der Waals surface area contributed by atoms with Crippen molar-refractivity contribution in [2.45, 2.75) is 33.1 Å². The summed E-state index contributed by atoms with van der Waals surface area (Å²) in [6, 6.07) is 5.24. The van der Waals surface area contributed by atoms with Crippen LogP contribution < -0.4 is 5.32 Å². The lowest BCUT2D eigenvalue weighted by atomic mass is 9.97. The van der Waals surface area contributed by atoms with Crippen molar-refractivity contribution in [3.05, 3.63) is 23.8 Å². The van der Waals surface area contributed by atoms with Gasteiger partial charge in [0, 0.05) is 17.7 Å². The van der Waals surface area contributed by atoms with Gasteiger partial charge in [0.05, 0.1) is 0 Å². The van der Waals surface area contributed by atoms with Crippen molar-refractivity contribution in [2.75, 3.05) is 5.32 Å². The molecule has 3 heteroatoms. The Morgan fingerprint density at radius 2 is 2.18 bits per heavy atom. The van der Waals surface area contributed by atoms with Crippen molar-refractivity contribution in [3.8, 4) is 5.75 Å². The fourth-order valence-corrected chi connectivity index (χ4v) is 2.46.